The Morgan fingerprint density at radius 2 is 2.05 bits per heavy atom. The molecule has 3 N–H and O–H groups in total. The van der Waals surface area contributed by atoms with E-state index in [0.717, 1.165) is 10.2 Å². The molecule has 0 spiro atoms. The highest BCUT2D eigenvalue weighted by molar-refractivity contribution is 8.22. The molecule has 1 aromatic carbocycles. The van der Waals surface area contributed by atoms with Gasteiger partial charge in [-0.3, -0.25) is 23.3 Å². The number of aliphatic hydroxyl groups is 1. The lowest BCUT2D eigenvalue weighted by Gasteiger charge is -2.46. The van der Waals surface area contributed by atoms with E-state index in [-0.39, 0.29) is 35.1 Å². The van der Waals surface area contributed by atoms with Gasteiger partial charge >= 0.3 is 7.82 Å². The molecule has 2 unspecified atom stereocenters. The Hall–Kier alpha value is -1.90. The highest BCUT2D eigenvalue weighted by Crippen LogP contribution is 2.66. The molecule has 0 saturated carbocycles. The van der Waals surface area contributed by atoms with Crippen LogP contribution in [-0.2, 0) is 18.1 Å². The number of fused-ring (bicyclic) bond motifs is 6. The van der Waals surface area contributed by atoms with Gasteiger partial charge in [-0.15, -0.1) is 0 Å². The van der Waals surface area contributed by atoms with Gasteiger partial charge in [0.25, 0.3) is 5.91 Å². The van der Waals surface area contributed by atoms with E-state index in [9.17, 15) is 19.6 Å². The predicted octanol–water partition coefficient (Wildman–Crippen LogP) is 3.42. The molecule has 224 valence electrons. The summed E-state index contributed by atoms with van der Waals surface area (Å²) in [6.07, 6.45) is -0.322. The molecule has 4 heterocycles. The first-order valence-corrected chi connectivity index (χ1v) is 16.1. The topological polar surface area (TPSA) is 139 Å². The van der Waals surface area contributed by atoms with Gasteiger partial charge in [0, 0.05) is 18.2 Å². The average Bonchev–Trinajstić information content (AvgIpc) is 3.43. The molecule has 0 bridgehead atoms. The van der Waals surface area contributed by atoms with E-state index in [1.807, 2.05) is 25.8 Å². The number of thiocarbonyl (C=S) groups is 1. The fourth-order valence-corrected chi connectivity index (χ4v) is 9.66. The van der Waals surface area contributed by atoms with E-state index < -0.39 is 43.2 Å². The number of nitrogens with zero attached hydrogens (tertiary/aromatic N) is 2. The van der Waals surface area contributed by atoms with Crippen LogP contribution in [0, 0.1) is 0 Å². The van der Waals surface area contributed by atoms with Gasteiger partial charge in [0.2, 0.25) is 12.5 Å². The maximum absolute atomic E-state index is 14.1. The molecule has 0 aromatic heterocycles. The number of carbonyl (C=O) groups is 1. The van der Waals surface area contributed by atoms with Crippen molar-refractivity contribution >= 4 is 47.6 Å². The number of hydrogen-bond donors (Lipinski definition) is 3. The number of benzene rings is 1. The second-order valence-corrected chi connectivity index (χ2v) is 15.5. The molecule has 5 atom stereocenters. The zero-order chi connectivity index (χ0) is 29.7. The largest absolute Gasteiger partial charge is 0.504 e. The molecule has 0 radical (unpaired) electrons. The summed E-state index contributed by atoms with van der Waals surface area (Å²) in [6.45, 7) is 9.96. The van der Waals surface area contributed by atoms with Crippen LogP contribution < -0.4 is 14.8 Å². The maximum atomic E-state index is 14.1. The summed E-state index contributed by atoms with van der Waals surface area (Å²) in [4.78, 5) is 17.5. The van der Waals surface area contributed by atoms with Crippen LogP contribution in [0.4, 0.5) is 0 Å². The van der Waals surface area contributed by atoms with Crippen molar-refractivity contribution in [2.75, 3.05) is 26.4 Å². The van der Waals surface area contributed by atoms with Crippen LogP contribution >= 0.6 is 31.8 Å². The predicted molar refractivity (Wildman–Crippen MR) is 155 cm³/mol. The van der Waals surface area contributed by atoms with Gasteiger partial charge in [0.05, 0.1) is 29.8 Å². The fourth-order valence-electron chi connectivity index (χ4n) is 6.37. The van der Waals surface area contributed by atoms with Crippen molar-refractivity contribution < 1.29 is 42.6 Å². The lowest BCUT2D eigenvalue weighted by molar-refractivity contribution is -0.0527. The van der Waals surface area contributed by atoms with Crippen LogP contribution in [0.5, 0.6) is 17.2 Å². The Kier molecular flexibility index (Phi) is 6.80. The molecule has 41 heavy (non-hydrogen) atoms. The fraction of sp³-hybridized carbons (Fsp3) is 0.615. The van der Waals surface area contributed by atoms with Gasteiger partial charge in [-0.05, 0) is 58.8 Å². The SMILES string of the molecule is CN1CN(C(C)(C)CC(C)(C)OP2(=O)O[C@H]3[C@@H]4NC(=O)c5c(cc6c(c5O)OCO6)C4=C[C@H](O)C3(C)O2)CSC1=S. The number of hydrogen-bond acceptors (Lipinski definition) is 12. The second kappa shape index (κ2) is 9.55. The smallest absolute Gasteiger partial charge is 0.476 e. The van der Waals surface area contributed by atoms with Gasteiger partial charge in [0.1, 0.15) is 22.1 Å². The van der Waals surface area contributed by atoms with Gasteiger partial charge in [0.15, 0.2) is 11.5 Å². The van der Waals surface area contributed by atoms with Crippen molar-refractivity contribution in [2.45, 2.75) is 76.0 Å². The van der Waals surface area contributed by atoms with E-state index >= 15 is 0 Å². The maximum Gasteiger partial charge on any atom is 0.476 e. The first kappa shape index (κ1) is 29.2. The van der Waals surface area contributed by atoms with E-state index in [2.05, 4.69) is 24.1 Å². The number of phosphoric acid groups is 1. The molecular formula is C26H34N3O9PS2. The van der Waals surface area contributed by atoms with Crippen LogP contribution in [0.2, 0.25) is 0 Å². The Balaban J connectivity index is 1.25. The molecule has 2 fully saturated rings. The molecule has 2 saturated heterocycles. The highest BCUT2D eigenvalue weighted by Gasteiger charge is 2.64. The number of amides is 1. The monoisotopic (exact) mass is 627 g/mol. The summed E-state index contributed by atoms with van der Waals surface area (Å²) in [5.74, 6) is 0.155. The summed E-state index contributed by atoms with van der Waals surface area (Å²) in [6, 6.07) is 0.747. The van der Waals surface area contributed by atoms with E-state index in [1.165, 1.54) is 6.08 Å². The highest BCUT2D eigenvalue weighted by atomic mass is 32.2. The van der Waals surface area contributed by atoms with Crippen LogP contribution in [0.25, 0.3) is 5.57 Å². The van der Waals surface area contributed by atoms with Crippen LogP contribution in [0.3, 0.4) is 0 Å². The molecule has 1 aromatic rings. The average molecular weight is 628 g/mol. The minimum Gasteiger partial charge on any atom is -0.504 e. The number of carbonyl (C=O) groups excluding carboxylic acids is 1. The lowest BCUT2D eigenvalue weighted by atomic mass is 9.74. The third-order valence-electron chi connectivity index (χ3n) is 8.25. The van der Waals surface area contributed by atoms with Crippen LogP contribution in [0.15, 0.2) is 12.1 Å². The summed E-state index contributed by atoms with van der Waals surface area (Å²) in [7, 11) is -2.28. The van der Waals surface area contributed by atoms with E-state index in [1.54, 1.807) is 24.8 Å². The number of phenolic OH excluding ortho intramolecular Hbond substituents is 1. The van der Waals surface area contributed by atoms with E-state index in [4.69, 9.17) is 35.3 Å². The van der Waals surface area contributed by atoms with Crippen molar-refractivity contribution in [2.24, 2.45) is 0 Å². The van der Waals surface area contributed by atoms with Gasteiger partial charge < -0.3 is 29.9 Å². The van der Waals surface area contributed by atoms with Gasteiger partial charge in [-0.2, -0.15) is 0 Å². The summed E-state index contributed by atoms with van der Waals surface area (Å²) in [5, 5.41) is 24.8. The van der Waals surface area contributed by atoms with Gasteiger partial charge in [-0.1, -0.05) is 24.0 Å². The Morgan fingerprint density at radius 3 is 2.76 bits per heavy atom. The zero-order valence-electron chi connectivity index (χ0n) is 23.6. The number of nitrogens with one attached hydrogen (secondary N) is 1. The lowest BCUT2D eigenvalue weighted by Crippen LogP contribution is -2.61. The molecule has 12 nitrogen and oxygen atoms in total. The molecular weight excluding hydrogens is 593 g/mol. The minimum absolute atomic E-state index is 0.00320. The summed E-state index contributed by atoms with van der Waals surface area (Å²) < 4.78 is 43.8. The first-order chi connectivity index (χ1) is 19.0. The minimum atomic E-state index is -4.23. The van der Waals surface area contributed by atoms with Crippen molar-refractivity contribution in [3.63, 3.8) is 0 Å². The van der Waals surface area contributed by atoms with Crippen molar-refractivity contribution in [1.82, 2.24) is 15.1 Å². The number of rotatable bonds is 5. The molecule has 6 rings (SSSR count). The van der Waals surface area contributed by atoms with Crippen LogP contribution in [-0.4, -0.2) is 91.6 Å². The standard InChI is InChI=1S/C26H34N3O9PS2/c1-24(2,29-10-28(6)23(40)41-11-29)9-25(3,4)37-39(33)36-21-18-14(8-16(30)26(21,5)38-39)13-7-15-20(35-12-34-15)19(31)17(13)22(32)27-18/h7-8,16,18,21,30-31H,9-12H2,1-6H3,(H,27,32)/t16-,18+,21-,26?,39?/m0/s1. The van der Waals surface area contributed by atoms with Crippen molar-refractivity contribution in [1.29, 1.82) is 0 Å². The quantitative estimate of drug-likeness (QED) is 0.325. The summed E-state index contributed by atoms with van der Waals surface area (Å²) in [5.41, 5.74) is -1.97. The first-order valence-electron chi connectivity index (χ1n) is 13.2. The molecule has 1 amide bonds. The zero-order valence-corrected chi connectivity index (χ0v) is 26.2. The number of aliphatic hydroxyl groups excluding tert-OH is 1. The molecule has 1 aliphatic carbocycles. The van der Waals surface area contributed by atoms with Gasteiger partial charge in [-0.25, -0.2) is 4.57 Å². The van der Waals surface area contributed by atoms with Crippen LogP contribution in [0.1, 0.15) is 57.0 Å². The molecule has 5 aliphatic rings. The Bertz CT molecular complexity index is 1420. The third kappa shape index (κ3) is 4.76. The molecule has 4 aliphatic heterocycles. The Labute approximate surface area is 247 Å². The van der Waals surface area contributed by atoms with Crippen molar-refractivity contribution in [3.05, 3.63) is 23.3 Å². The second-order valence-electron chi connectivity index (χ2n) is 12.4. The van der Waals surface area contributed by atoms with Crippen molar-refractivity contribution in [3.8, 4) is 17.2 Å². The number of thioether (sulfide) groups is 1. The number of aromatic hydroxyl groups is 1. The number of phenols is 1. The normalized spacial score (nSPS) is 33.2. The number of phosphoric ester groups is 1. The van der Waals surface area contributed by atoms with E-state index in [0.29, 0.717) is 24.2 Å². The molecule has 15 heteroatoms. The number of ether oxygens (including phenoxy) is 2. The Morgan fingerprint density at radius 1 is 1.32 bits per heavy atom. The third-order valence-corrected chi connectivity index (χ3v) is 11.7. The summed E-state index contributed by atoms with van der Waals surface area (Å²) >= 11 is 6.97.